The van der Waals surface area contributed by atoms with Crippen molar-refractivity contribution in [3.05, 3.63) is 28.2 Å². The first-order valence-electron chi connectivity index (χ1n) is 6.60. The summed E-state index contributed by atoms with van der Waals surface area (Å²) in [5.74, 6) is -0.875. The van der Waals surface area contributed by atoms with Gasteiger partial charge in [0.15, 0.2) is 0 Å². The van der Waals surface area contributed by atoms with Crippen molar-refractivity contribution in [1.29, 1.82) is 0 Å². The monoisotopic (exact) mass is 376 g/mol. The highest BCUT2D eigenvalue weighted by atomic mass is 79.9. The zero-order chi connectivity index (χ0) is 15.6. The highest BCUT2D eigenvalue weighted by Gasteiger charge is 2.28. The Morgan fingerprint density at radius 1 is 1.48 bits per heavy atom. The van der Waals surface area contributed by atoms with Crippen LogP contribution in [-0.4, -0.2) is 36.9 Å². The molecule has 1 aliphatic rings. The number of carboxylic acid groups (broad SMARTS) is 1. The Bertz CT molecular complexity index is 648. The van der Waals surface area contributed by atoms with E-state index in [-0.39, 0.29) is 11.3 Å². The summed E-state index contributed by atoms with van der Waals surface area (Å²) in [4.78, 5) is 11.2. The number of hydrogen-bond donors (Lipinski definition) is 2. The van der Waals surface area contributed by atoms with Crippen LogP contribution < -0.4 is 4.72 Å². The molecule has 1 aromatic rings. The number of nitrogens with zero attached hydrogens (tertiary/aromatic N) is 1. The Balaban J connectivity index is 2.26. The number of halogens is 1. The molecule has 2 N–H and O–H groups in total. The third-order valence-electron chi connectivity index (χ3n) is 3.41. The number of piperidine rings is 1. The predicted molar refractivity (Wildman–Crippen MR) is 83.6 cm³/mol. The van der Waals surface area contributed by atoms with E-state index in [1.807, 2.05) is 6.92 Å². The van der Waals surface area contributed by atoms with E-state index in [0.717, 1.165) is 12.8 Å². The van der Waals surface area contributed by atoms with Gasteiger partial charge in [0.2, 0.25) is 0 Å². The molecule has 1 heterocycles. The summed E-state index contributed by atoms with van der Waals surface area (Å²) >= 11 is 3.18. The van der Waals surface area contributed by atoms with Crippen LogP contribution in [-0.2, 0) is 10.2 Å². The van der Waals surface area contributed by atoms with E-state index in [1.165, 1.54) is 16.4 Å². The molecule has 1 unspecified atom stereocenters. The Morgan fingerprint density at radius 2 is 2.19 bits per heavy atom. The van der Waals surface area contributed by atoms with Crippen LogP contribution in [0, 0.1) is 5.92 Å². The largest absolute Gasteiger partial charge is 0.478 e. The molecular weight excluding hydrogens is 360 g/mol. The fraction of sp³-hybridized carbons (Fsp3) is 0.462. The summed E-state index contributed by atoms with van der Waals surface area (Å²) < 4.78 is 29.1. The van der Waals surface area contributed by atoms with Crippen molar-refractivity contribution in [3.63, 3.8) is 0 Å². The molecule has 0 aromatic heterocycles. The molecule has 8 heteroatoms. The second-order valence-corrected chi connectivity index (χ2v) is 7.79. The summed E-state index contributed by atoms with van der Waals surface area (Å²) in [7, 11) is -3.73. The van der Waals surface area contributed by atoms with E-state index in [9.17, 15) is 18.3 Å². The van der Waals surface area contributed by atoms with Gasteiger partial charge >= 0.3 is 16.2 Å². The van der Waals surface area contributed by atoms with Crippen LogP contribution in [0.3, 0.4) is 0 Å². The van der Waals surface area contributed by atoms with E-state index in [4.69, 9.17) is 0 Å². The molecule has 0 aliphatic carbocycles. The van der Waals surface area contributed by atoms with Gasteiger partial charge in [-0.1, -0.05) is 22.9 Å². The zero-order valence-corrected chi connectivity index (χ0v) is 13.9. The topological polar surface area (TPSA) is 86.7 Å². The standard InChI is InChI=1S/C13H17BrN2O4S/c1-9-3-2-6-16(8-9)21(19,20)15-12-5-4-10(14)7-11(12)13(17)18/h4-5,7,9,15H,2-3,6,8H2,1H3,(H,17,18). The van der Waals surface area contributed by atoms with E-state index in [1.54, 1.807) is 6.07 Å². The second kappa shape index (κ2) is 6.33. The van der Waals surface area contributed by atoms with Crippen molar-refractivity contribution in [2.45, 2.75) is 19.8 Å². The van der Waals surface area contributed by atoms with Gasteiger partial charge in [0.1, 0.15) is 0 Å². The van der Waals surface area contributed by atoms with Crippen LogP contribution in [0.2, 0.25) is 0 Å². The lowest BCUT2D eigenvalue weighted by molar-refractivity contribution is 0.0698. The summed E-state index contributed by atoms with van der Waals surface area (Å²) in [5, 5.41) is 9.17. The zero-order valence-electron chi connectivity index (χ0n) is 11.5. The van der Waals surface area contributed by atoms with E-state index < -0.39 is 16.2 Å². The fourth-order valence-corrected chi connectivity index (χ4v) is 4.12. The van der Waals surface area contributed by atoms with E-state index in [0.29, 0.717) is 23.5 Å². The normalized spacial score (nSPS) is 20.2. The SMILES string of the molecule is CC1CCCN(S(=O)(=O)Nc2ccc(Br)cc2C(=O)O)C1. The number of carboxylic acids is 1. The molecule has 1 aromatic carbocycles. The molecule has 116 valence electrons. The van der Waals surface area contributed by atoms with Gasteiger partial charge in [0.05, 0.1) is 11.3 Å². The number of anilines is 1. The minimum absolute atomic E-state index is 0.0731. The van der Waals surface area contributed by atoms with Gasteiger partial charge in [-0.05, 0) is 37.0 Å². The molecule has 0 saturated carbocycles. The first-order valence-corrected chi connectivity index (χ1v) is 8.83. The Labute approximate surface area is 132 Å². The van der Waals surface area contributed by atoms with E-state index >= 15 is 0 Å². The van der Waals surface area contributed by atoms with Crippen molar-refractivity contribution in [3.8, 4) is 0 Å². The molecular formula is C13H17BrN2O4S. The van der Waals surface area contributed by atoms with Gasteiger partial charge in [-0.3, -0.25) is 4.72 Å². The fourth-order valence-electron chi connectivity index (χ4n) is 2.35. The van der Waals surface area contributed by atoms with Crippen LogP contribution in [0.4, 0.5) is 5.69 Å². The third kappa shape index (κ3) is 3.96. The molecule has 21 heavy (non-hydrogen) atoms. The minimum atomic E-state index is -3.73. The molecule has 1 aliphatic heterocycles. The maximum atomic E-state index is 12.4. The predicted octanol–water partition coefficient (Wildman–Crippen LogP) is 2.54. The first kappa shape index (κ1) is 16.3. The Hall–Kier alpha value is -1.12. The Morgan fingerprint density at radius 3 is 2.81 bits per heavy atom. The second-order valence-electron chi connectivity index (χ2n) is 5.21. The summed E-state index contributed by atoms with van der Waals surface area (Å²) in [6.07, 6.45) is 1.82. The Kier molecular flexibility index (Phi) is 4.90. The van der Waals surface area contributed by atoms with Crippen molar-refractivity contribution in [1.82, 2.24) is 4.31 Å². The van der Waals surface area contributed by atoms with Crippen molar-refractivity contribution < 1.29 is 18.3 Å². The number of aromatic carboxylic acids is 1. The smallest absolute Gasteiger partial charge is 0.337 e. The molecule has 0 spiro atoms. The maximum absolute atomic E-state index is 12.4. The average molecular weight is 377 g/mol. The van der Waals surface area contributed by atoms with E-state index in [2.05, 4.69) is 20.7 Å². The number of benzene rings is 1. The molecule has 0 amide bonds. The summed E-state index contributed by atoms with van der Waals surface area (Å²) in [5.41, 5.74) is -0.0121. The lowest BCUT2D eigenvalue weighted by Crippen LogP contribution is -2.42. The maximum Gasteiger partial charge on any atom is 0.337 e. The van der Waals surface area contributed by atoms with Gasteiger partial charge in [0, 0.05) is 17.6 Å². The average Bonchev–Trinajstić information content (AvgIpc) is 2.40. The van der Waals surface area contributed by atoms with Gasteiger partial charge < -0.3 is 5.11 Å². The molecule has 1 atom stereocenters. The van der Waals surface area contributed by atoms with Crippen LogP contribution in [0.1, 0.15) is 30.1 Å². The van der Waals surface area contributed by atoms with Gasteiger partial charge in [0.25, 0.3) is 0 Å². The van der Waals surface area contributed by atoms with Crippen LogP contribution in [0.15, 0.2) is 22.7 Å². The molecule has 0 bridgehead atoms. The molecule has 6 nitrogen and oxygen atoms in total. The van der Waals surface area contributed by atoms with Crippen LogP contribution >= 0.6 is 15.9 Å². The first-order chi connectivity index (χ1) is 9.79. The van der Waals surface area contributed by atoms with Crippen LogP contribution in [0.25, 0.3) is 0 Å². The van der Waals surface area contributed by atoms with Gasteiger partial charge in [-0.2, -0.15) is 12.7 Å². The lowest BCUT2D eigenvalue weighted by atomic mass is 10.0. The highest BCUT2D eigenvalue weighted by molar-refractivity contribution is 9.10. The number of rotatable bonds is 4. The molecule has 1 saturated heterocycles. The molecule has 0 radical (unpaired) electrons. The lowest BCUT2D eigenvalue weighted by Gasteiger charge is -2.30. The quantitative estimate of drug-likeness (QED) is 0.844. The highest BCUT2D eigenvalue weighted by Crippen LogP contribution is 2.24. The number of hydrogen-bond acceptors (Lipinski definition) is 3. The third-order valence-corrected chi connectivity index (χ3v) is 5.39. The van der Waals surface area contributed by atoms with Crippen molar-refractivity contribution >= 4 is 37.8 Å². The van der Waals surface area contributed by atoms with Gasteiger partial charge in [-0.15, -0.1) is 0 Å². The van der Waals surface area contributed by atoms with Crippen LogP contribution in [0.5, 0.6) is 0 Å². The van der Waals surface area contributed by atoms with Crippen molar-refractivity contribution in [2.24, 2.45) is 5.92 Å². The molecule has 2 rings (SSSR count). The summed E-state index contributed by atoms with van der Waals surface area (Å²) in [6.45, 7) is 2.91. The van der Waals surface area contributed by atoms with Gasteiger partial charge in [-0.25, -0.2) is 4.79 Å². The minimum Gasteiger partial charge on any atom is -0.478 e. The molecule has 1 fully saturated rings. The summed E-state index contributed by atoms with van der Waals surface area (Å²) in [6, 6.07) is 4.42. The number of carbonyl (C=O) groups is 1. The number of nitrogens with one attached hydrogen (secondary N) is 1. The van der Waals surface area contributed by atoms with Crippen molar-refractivity contribution in [2.75, 3.05) is 17.8 Å².